The third-order valence-corrected chi connectivity index (χ3v) is 6.84. The minimum absolute atomic E-state index is 0.00704. The van der Waals surface area contributed by atoms with Crippen LogP contribution in [0.25, 0.3) is 0 Å². The Kier molecular flexibility index (Phi) is 4.47. The molecule has 4 aliphatic rings. The summed E-state index contributed by atoms with van der Waals surface area (Å²) in [7, 11) is 0. The van der Waals surface area contributed by atoms with Gasteiger partial charge in [-0.1, -0.05) is 13.8 Å². The number of aliphatic hydroxyl groups excluding tert-OH is 2. The quantitative estimate of drug-likeness (QED) is 0.725. The first-order valence-electron chi connectivity index (χ1n) is 8.97. The lowest BCUT2D eigenvalue weighted by Gasteiger charge is -2.70. The average molecular weight is 378 g/mol. The summed E-state index contributed by atoms with van der Waals surface area (Å²) >= 11 is 0. The molecule has 2 bridgehead atoms. The van der Waals surface area contributed by atoms with Crippen molar-refractivity contribution >= 4 is 5.97 Å². The molecule has 8 heteroatoms. The number of halogens is 2. The van der Waals surface area contributed by atoms with Gasteiger partial charge in [0.05, 0.1) is 31.8 Å². The van der Waals surface area contributed by atoms with Gasteiger partial charge in [0.2, 0.25) is 5.79 Å². The van der Waals surface area contributed by atoms with E-state index in [-0.39, 0.29) is 43.7 Å². The van der Waals surface area contributed by atoms with Crippen LogP contribution in [0.5, 0.6) is 0 Å². The lowest BCUT2D eigenvalue weighted by molar-refractivity contribution is -0.441. The number of esters is 1. The van der Waals surface area contributed by atoms with Gasteiger partial charge in [-0.05, 0) is 31.1 Å². The van der Waals surface area contributed by atoms with Gasteiger partial charge in [-0.3, -0.25) is 0 Å². The van der Waals surface area contributed by atoms with Crippen LogP contribution in [-0.4, -0.2) is 59.9 Å². The highest BCUT2D eigenvalue weighted by molar-refractivity contribution is 5.77. The topological polar surface area (TPSA) is 85.2 Å². The molecule has 4 rings (SSSR count). The van der Waals surface area contributed by atoms with Crippen LogP contribution in [0.4, 0.5) is 8.78 Å². The Morgan fingerprint density at radius 2 is 1.73 bits per heavy atom. The van der Waals surface area contributed by atoms with Crippen molar-refractivity contribution in [3.05, 3.63) is 0 Å². The molecule has 1 spiro atoms. The number of ether oxygens (including phenoxy) is 3. The van der Waals surface area contributed by atoms with Gasteiger partial charge in [-0.15, -0.1) is 0 Å². The molecule has 0 aromatic carbocycles. The second-order valence-electron chi connectivity index (χ2n) is 9.08. The van der Waals surface area contributed by atoms with E-state index in [0.717, 1.165) is 6.42 Å². The zero-order valence-electron chi connectivity index (χ0n) is 15.7. The van der Waals surface area contributed by atoms with Crippen LogP contribution >= 0.6 is 0 Å². The van der Waals surface area contributed by atoms with Gasteiger partial charge in [-0.25, -0.2) is 4.79 Å². The van der Waals surface area contributed by atoms with E-state index in [4.69, 9.17) is 14.2 Å². The Morgan fingerprint density at radius 3 is 2.15 bits per heavy atom. The van der Waals surface area contributed by atoms with E-state index in [2.05, 4.69) is 13.8 Å². The predicted octanol–water partition coefficient (Wildman–Crippen LogP) is 1.72. The largest absolute Gasteiger partial charge is 0.449 e. The van der Waals surface area contributed by atoms with Crippen molar-refractivity contribution in [1.82, 2.24) is 0 Å². The Balaban J connectivity index is 1.93. The molecule has 1 saturated heterocycles. The van der Waals surface area contributed by atoms with Gasteiger partial charge in [0.1, 0.15) is 0 Å². The zero-order valence-corrected chi connectivity index (χ0v) is 15.7. The minimum atomic E-state index is -3.62. The fourth-order valence-corrected chi connectivity index (χ4v) is 4.74. The Bertz CT molecular complexity index is 573. The van der Waals surface area contributed by atoms with Crippen LogP contribution in [0.1, 0.15) is 40.5 Å². The molecule has 0 amide bonds. The Morgan fingerprint density at radius 1 is 1.19 bits per heavy atom. The number of alkyl halides is 2. The lowest BCUT2D eigenvalue weighted by Crippen LogP contribution is -2.77. The first kappa shape index (κ1) is 19.9. The van der Waals surface area contributed by atoms with Crippen LogP contribution in [-0.2, 0) is 19.0 Å². The van der Waals surface area contributed by atoms with Crippen molar-refractivity contribution in [3.8, 4) is 0 Å². The van der Waals surface area contributed by atoms with Crippen LogP contribution < -0.4 is 0 Å². The maximum absolute atomic E-state index is 13.5. The average Bonchev–Trinajstić information content (AvgIpc) is 2.57. The molecule has 1 heterocycles. The van der Waals surface area contributed by atoms with E-state index in [1.165, 1.54) is 0 Å². The van der Waals surface area contributed by atoms with E-state index in [9.17, 15) is 23.8 Å². The number of carbonyl (C=O) groups excluding carboxylic acids is 1. The molecule has 3 saturated carbocycles. The summed E-state index contributed by atoms with van der Waals surface area (Å²) in [6, 6.07) is 0. The highest BCUT2D eigenvalue weighted by Crippen LogP contribution is 2.68. The highest BCUT2D eigenvalue weighted by Gasteiger charge is 2.75. The van der Waals surface area contributed by atoms with Gasteiger partial charge in [-0.2, -0.15) is 8.78 Å². The Labute approximate surface area is 151 Å². The SMILES string of the molecule is CC(F)(F)C(=O)OC1(C)CC2CC(C2(C)C)C12OCC(CO)(CO)CO2. The first-order chi connectivity index (χ1) is 11.9. The lowest BCUT2D eigenvalue weighted by atomic mass is 9.43. The molecule has 0 aromatic rings. The maximum Gasteiger partial charge on any atom is 0.377 e. The molecule has 150 valence electrons. The number of carbonyl (C=O) groups is 1. The van der Waals surface area contributed by atoms with Gasteiger partial charge >= 0.3 is 11.9 Å². The summed E-state index contributed by atoms with van der Waals surface area (Å²) in [6.45, 7) is 5.53. The summed E-state index contributed by atoms with van der Waals surface area (Å²) in [5, 5.41) is 19.2. The summed E-state index contributed by atoms with van der Waals surface area (Å²) < 4.78 is 44.3. The molecule has 26 heavy (non-hydrogen) atoms. The molecule has 4 fully saturated rings. The molecular weight excluding hydrogens is 350 g/mol. The van der Waals surface area contributed by atoms with Crippen molar-refractivity contribution < 1.29 is 38.0 Å². The second-order valence-corrected chi connectivity index (χ2v) is 9.08. The third-order valence-electron chi connectivity index (χ3n) is 6.84. The van der Waals surface area contributed by atoms with Gasteiger partial charge in [0.25, 0.3) is 0 Å². The molecule has 1 aliphatic heterocycles. The zero-order chi connectivity index (χ0) is 19.6. The standard InChI is InChI=1S/C18H28F2O6/c1-14(2)11-5-12(14)18(24-9-17(7-21,8-22)10-25-18)15(3,6-11)26-13(23)16(4,19)20/h11-12,21-22H,5-10H2,1-4H3. The highest BCUT2D eigenvalue weighted by atomic mass is 19.3. The van der Waals surface area contributed by atoms with Crippen molar-refractivity contribution in [2.75, 3.05) is 26.4 Å². The smallest absolute Gasteiger partial charge is 0.377 e. The molecule has 2 N–H and O–H groups in total. The van der Waals surface area contributed by atoms with Gasteiger partial charge in [0, 0.05) is 12.8 Å². The fourth-order valence-electron chi connectivity index (χ4n) is 4.74. The van der Waals surface area contributed by atoms with E-state index >= 15 is 0 Å². The number of aliphatic hydroxyl groups is 2. The van der Waals surface area contributed by atoms with Crippen molar-refractivity contribution in [3.63, 3.8) is 0 Å². The predicted molar refractivity (Wildman–Crippen MR) is 86.4 cm³/mol. The summed E-state index contributed by atoms with van der Waals surface area (Å²) in [6.07, 6.45) is 1.14. The summed E-state index contributed by atoms with van der Waals surface area (Å²) in [5.74, 6) is -6.54. The van der Waals surface area contributed by atoms with Crippen LogP contribution in [0, 0.1) is 22.7 Å². The fraction of sp³-hybridized carbons (Fsp3) is 0.944. The normalized spacial score (nSPS) is 37.1. The second kappa shape index (κ2) is 5.83. The molecular formula is C18H28F2O6. The number of hydrogen-bond acceptors (Lipinski definition) is 6. The van der Waals surface area contributed by atoms with E-state index in [1.54, 1.807) is 6.92 Å². The summed E-state index contributed by atoms with van der Waals surface area (Å²) in [4.78, 5) is 11.9. The van der Waals surface area contributed by atoms with E-state index in [1.807, 2.05) is 0 Å². The maximum atomic E-state index is 13.5. The minimum Gasteiger partial charge on any atom is -0.449 e. The van der Waals surface area contributed by atoms with E-state index < -0.39 is 28.7 Å². The molecule has 3 unspecified atom stereocenters. The molecule has 0 aromatic heterocycles. The van der Waals surface area contributed by atoms with E-state index in [0.29, 0.717) is 13.3 Å². The van der Waals surface area contributed by atoms with Crippen LogP contribution in [0.2, 0.25) is 0 Å². The van der Waals surface area contributed by atoms with Crippen molar-refractivity contribution in [2.45, 2.75) is 57.8 Å². The number of fused-ring (bicyclic) bond motifs is 1. The van der Waals surface area contributed by atoms with Crippen LogP contribution in [0.15, 0.2) is 0 Å². The van der Waals surface area contributed by atoms with Gasteiger partial charge in [0.15, 0.2) is 5.60 Å². The molecule has 3 aliphatic carbocycles. The van der Waals surface area contributed by atoms with Gasteiger partial charge < -0.3 is 24.4 Å². The summed E-state index contributed by atoms with van der Waals surface area (Å²) in [5.41, 5.74) is -2.49. The molecule has 3 atom stereocenters. The van der Waals surface area contributed by atoms with Crippen LogP contribution in [0.3, 0.4) is 0 Å². The molecule has 6 nitrogen and oxygen atoms in total. The first-order valence-corrected chi connectivity index (χ1v) is 8.97. The Hall–Kier alpha value is -0.830. The molecule has 0 radical (unpaired) electrons. The third kappa shape index (κ3) is 2.60. The number of hydrogen-bond donors (Lipinski definition) is 2. The monoisotopic (exact) mass is 378 g/mol. The number of rotatable bonds is 4. The van der Waals surface area contributed by atoms with Crippen molar-refractivity contribution in [2.24, 2.45) is 22.7 Å². The van der Waals surface area contributed by atoms with Crippen molar-refractivity contribution in [1.29, 1.82) is 0 Å².